The van der Waals surface area contributed by atoms with Crippen LogP contribution in [0.25, 0.3) is 11.0 Å². The Morgan fingerprint density at radius 2 is 2.00 bits per heavy atom. The molecule has 0 saturated carbocycles. The summed E-state index contributed by atoms with van der Waals surface area (Å²) in [4.78, 5) is 12.2. The molecule has 0 unspecified atom stereocenters. The topological polar surface area (TPSA) is 51.5 Å². The summed E-state index contributed by atoms with van der Waals surface area (Å²) in [7, 11) is 1.58. The number of fused-ring (bicyclic) bond motifs is 1. The second-order valence-corrected chi connectivity index (χ2v) is 5.30. The van der Waals surface area contributed by atoms with Gasteiger partial charge in [0.2, 0.25) is 0 Å². The monoisotopic (exact) mass is 345 g/mol. The molecule has 0 fully saturated rings. The molecule has 0 aliphatic heterocycles. The van der Waals surface area contributed by atoms with E-state index in [1.807, 2.05) is 30.3 Å². The van der Waals surface area contributed by atoms with Crippen LogP contribution in [0, 0.1) is 0 Å². The highest BCUT2D eigenvalue weighted by molar-refractivity contribution is 9.10. The Labute approximate surface area is 129 Å². The Balaban J connectivity index is 1.88. The molecular formula is C16H12BrNO3. The van der Waals surface area contributed by atoms with Gasteiger partial charge in [0.15, 0.2) is 5.76 Å². The summed E-state index contributed by atoms with van der Waals surface area (Å²) in [6.07, 6.45) is 0. The van der Waals surface area contributed by atoms with Crippen molar-refractivity contribution < 1.29 is 13.9 Å². The van der Waals surface area contributed by atoms with Gasteiger partial charge in [-0.15, -0.1) is 0 Å². The smallest absolute Gasteiger partial charge is 0.291 e. The third-order valence-electron chi connectivity index (χ3n) is 3.06. The van der Waals surface area contributed by atoms with Gasteiger partial charge < -0.3 is 14.5 Å². The van der Waals surface area contributed by atoms with E-state index in [-0.39, 0.29) is 11.7 Å². The van der Waals surface area contributed by atoms with Crippen LogP contribution in [-0.4, -0.2) is 13.0 Å². The number of ether oxygens (including phenoxy) is 1. The van der Waals surface area contributed by atoms with Gasteiger partial charge >= 0.3 is 0 Å². The zero-order valence-electron chi connectivity index (χ0n) is 11.2. The zero-order valence-corrected chi connectivity index (χ0v) is 12.8. The van der Waals surface area contributed by atoms with Crippen molar-refractivity contribution in [3.05, 3.63) is 58.8 Å². The lowest BCUT2D eigenvalue weighted by Crippen LogP contribution is -2.10. The fourth-order valence-corrected chi connectivity index (χ4v) is 2.49. The summed E-state index contributed by atoms with van der Waals surface area (Å²) >= 11 is 3.44. The van der Waals surface area contributed by atoms with Crippen LogP contribution in [0.3, 0.4) is 0 Å². The van der Waals surface area contributed by atoms with E-state index in [1.54, 1.807) is 25.3 Å². The minimum absolute atomic E-state index is 0.264. The Morgan fingerprint density at radius 3 is 2.76 bits per heavy atom. The van der Waals surface area contributed by atoms with Gasteiger partial charge in [0, 0.05) is 21.6 Å². The van der Waals surface area contributed by atoms with Crippen molar-refractivity contribution in [3.63, 3.8) is 0 Å². The zero-order chi connectivity index (χ0) is 14.8. The second kappa shape index (κ2) is 5.61. The highest BCUT2D eigenvalue weighted by Gasteiger charge is 2.14. The molecule has 1 N–H and O–H groups in total. The molecule has 3 aromatic rings. The fourth-order valence-electron chi connectivity index (χ4n) is 2.03. The van der Waals surface area contributed by atoms with Crippen LogP contribution in [0.15, 0.2) is 57.4 Å². The molecule has 1 amide bonds. The average Bonchev–Trinajstić information content (AvgIpc) is 2.93. The second-order valence-electron chi connectivity index (χ2n) is 4.45. The number of hydrogen-bond acceptors (Lipinski definition) is 3. The van der Waals surface area contributed by atoms with E-state index in [2.05, 4.69) is 21.2 Å². The lowest BCUT2D eigenvalue weighted by Gasteiger charge is -2.05. The van der Waals surface area contributed by atoms with E-state index < -0.39 is 0 Å². The number of rotatable bonds is 3. The summed E-state index contributed by atoms with van der Waals surface area (Å²) < 4.78 is 11.6. The minimum Gasteiger partial charge on any atom is -0.497 e. The summed E-state index contributed by atoms with van der Waals surface area (Å²) in [6, 6.07) is 14.5. The summed E-state index contributed by atoms with van der Waals surface area (Å²) in [6.45, 7) is 0. The van der Waals surface area contributed by atoms with Crippen molar-refractivity contribution in [2.45, 2.75) is 0 Å². The van der Waals surface area contributed by atoms with Gasteiger partial charge in [-0.2, -0.15) is 0 Å². The maximum absolute atomic E-state index is 12.2. The van der Waals surface area contributed by atoms with E-state index in [1.165, 1.54) is 0 Å². The largest absolute Gasteiger partial charge is 0.497 e. The summed E-state index contributed by atoms with van der Waals surface area (Å²) in [5, 5.41) is 3.65. The molecule has 1 heterocycles. The van der Waals surface area contributed by atoms with E-state index in [0.29, 0.717) is 17.0 Å². The van der Waals surface area contributed by atoms with Crippen LogP contribution in [0.4, 0.5) is 5.69 Å². The highest BCUT2D eigenvalue weighted by atomic mass is 79.9. The molecular weight excluding hydrogens is 334 g/mol. The molecule has 0 radical (unpaired) electrons. The van der Waals surface area contributed by atoms with E-state index >= 15 is 0 Å². The molecule has 0 bridgehead atoms. The molecule has 0 saturated heterocycles. The molecule has 5 heteroatoms. The van der Waals surface area contributed by atoms with Gasteiger partial charge in [0.1, 0.15) is 11.3 Å². The molecule has 0 spiro atoms. The van der Waals surface area contributed by atoms with Crippen LogP contribution in [0.1, 0.15) is 10.6 Å². The Kier molecular flexibility index (Phi) is 3.66. The molecule has 0 aliphatic carbocycles. The number of nitrogens with one attached hydrogen (secondary N) is 1. The van der Waals surface area contributed by atoms with Crippen molar-refractivity contribution in [1.82, 2.24) is 0 Å². The average molecular weight is 346 g/mol. The van der Waals surface area contributed by atoms with Crippen LogP contribution in [0.2, 0.25) is 0 Å². The number of furan rings is 1. The Hall–Kier alpha value is -2.27. The molecule has 4 nitrogen and oxygen atoms in total. The molecule has 0 atom stereocenters. The first kappa shape index (κ1) is 13.7. The minimum atomic E-state index is -0.300. The van der Waals surface area contributed by atoms with Crippen LogP contribution >= 0.6 is 15.9 Å². The van der Waals surface area contributed by atoms with Crippen molar-refractivity contribution >= 4 is 38.5 Å². The summed E-state index contributed by atoms with van der Waals surface area (Å²) in [5.74, 6) is 0.645. The number of carbonyl (C=O) groups is 1. The quantitative estimate of drug-likeness (QED) is 0.762. The third-order valence-corrected chi connectivity index (χ3v) is 3.75. The number of amides is 1. The standard InChI is InChI=1S/C16H12BrNO3/c1-20-11-5-2-4-10(8-11)18-16(19)15-9-12-13(17)6-3-7-14(12)21-15/h2-9H,1H3,(H,18,19). The lowest BCUT2D eigenvalue weighted by molar-refractivity contribution is 0.0998. The third kappa shape index (κ3) is 2.78. The van der Waals surface area contributed by atoms with Gasteiger partial charge in [-0.25, -0.2) is 0 Å². The molecule has 2 aromatic carbocycles. The van der Waals surface area contributed by atoms with Crippen molar-refractivity contribution in [2.24, 2.45) is 0 Å². The van der Waals surface area contributed by atoms with Crippen LogP contribution in [-0.2, 0) is 0 Å². The van der Waals surface area contributed by atoms with E-state index in [9.17, 15) is 4.79 Å². The predicted octanol–water partition coefficient (Wildman–Crippen LogP) is 4.46. The molecule has 0 aliphatic rings. The number of benzene rings is 2. The fraction of sp³-hybridized carbons (Fsp3) is 0.0625. The number of halogens is 1. The normalized spacial score (nSPS) is 10.6. The van der Waals surface area contributed by atoms with Gasteiger partial charge in [-0.3, -0.25) is 4.79 Å². The Morgan fingerprint density at radius 1 is 1.19 bits per heavy atom. The number of methoxy groups -OCH3 is 1. The first-order valence-electron chi connectivity index (χ1n) is 6.31. The Bertz CT molecular complexity index is 810. The van der Waals surface area contributed by atoms with Gasteiger partial charge in [0.25, 0.3) is 5.91 Å². The molecule has 3 rings (SSSR count). The lowest BCUT2D eigenvalue weighted by atomic mass is 10.2. The van der Waals surface area contributed by atoms with Crippen molar-refractivity contribution in [2.75, 3.05) is 12.4 Å². The summed E-state index contributed by atoms with van der Waals surface area (Å²) in [5.41, 5.74) is 1.32. The highest BCUT2D eigenvalue weighted by Crippen LogP contribution is 2.27. The predicted molar refractivity (Wildman–Crippen MR) is 84.9 cm³/mol. The van der Waals surface area contributed by atoms with Crippen LogP contribution < -0.4 is 10.1 Å². The molecule has 1 aromatic heterocycles. The number of hydrogen-bond donors (Lipinski definition) is 1. The SMILES string of the molecule is COc1cccc(NC(=O)c2cc3c(Br)cccc3o2)c1. The van der Waals surface area contributed by atoms with Crippen molar-refractivity contribution in [1.29, 1.82) is 0 Å². The maximum atomic E-state index is 12.2. The van der Waals surface area contributed by atoms with E-state index in [0.717, 1.165) is 9.86 Å². The maximum Gasteiger partial charge on any atom is 0.291 e. The number of carbonyl (C=O) groups excluding carboxylic acids is 1. The first-order valence-corrected chi connectivity index (χ1v) is 7.10. The van der Waals surface area contributed by atoms with E-state index in [4.69, 9.17) is 9.15 Å². The number of anilines is 1. The van der Waals surface area contributed by atoms with Gasteiger partial charge in [-0.05, 0) is 30.3 Å². The molecule has 106 valence electrons. The van der Waals surface area contributed by atoms with Crippen molar-refractivity contribution in [3.8, 4) is 5.75 Å². The van der Waals surface area contributed by atoms with Gasteiger partial charge in [0.05, 0.1) is 7.11 Å². The van der Waals surface area contributed by atoms with Gasteiger partial charge in [-0.1, -0.05) is 28.1 Å². The van der Waals surface area contributed by atoms with Crippen LogP contribution in [0.5, 0.6) is 5.75 Å². The first-order chi connectivity index (χ1) is 10.2. The molecule has 21 heavy (non-hydrogen) atoms.